The first-order chi connectivity index (χ1) is 14.6. The van der Waals surface area contributed by atoms with E-state index in [0.717, 1.165) is 24.2 Å². The first-order valence-corrected chi connectivity index (χ1v) is 13.3. The topological polar surface area (TPSA) is 9.23 Å². The molecule has 1 nitrogen and oxygen atoms in total. The van der Waals surface area contributed by atoms with E-state index < -0.39 is 0 Å². The van der Waals surface area contributed by atoms with Crippen molar-refractivity contribution in [2.75, 3.05) is 6.61 Å². The van der Waals surface area contributed by atoms with E-state index in [9.17, 15) is 0 Å². The van der Waals surface area contributed by atoms with Gasteiger partial charge >= 0.3 is 0 Å². The van der Waals surface area contributed by atoms with Crippen LogP contribution in [0, 0.1) is 17.3 Å². The third-order valence-electron chi connectivity index (χ3n) is 9.30. The standard InChI is InChI=1S/C29H46O/c1-3-4-5-7-24-9-11-25(12-10-24)8-6-23-30-27-15-13-26(14-16-27)29-20-17-28(2,18-21-29)19-22-29/h13-16,24-25H,3-12,17-23H2,1-2H3/t24-,25-,28?,29?. The van der Waals surface area contributed by atoms with Gasteiger partial charge in [-0.3, -0.25) is 0 Å². The predicted molar refractivity (Wildman–Crippen MR) is 128 cm³/mol. The molecule has 30 heavy (non-hydrogen) atoms. The number of benzene rings is 1. The summed E-state index contributed by atoms with van der Waals surface area (Å²) in [5.74, 6) is 3.07. The van der Waals surface area contributed by atoms with E-state index in [0.29, 0.717) is 10.8 Å². The molecule has 168 valence electrons. The number of unbranched alkanes of at least 4 members (excludes halogenated alkanes) is 2. The lowest BCUT2D eigenvalue weighted by molar-refractivity contribution is 0.0556. The molecule has 1 heteroatoms. The SMILES string of the molecule is CCCCC[C@H]1CC[C@H](CCCOc2ccc(C34CCC(C)(CC3)CC4)cc2)CC1. The van der Waals surface area contributed by atoms with Crippen LogP contribution in [0.25, 0.3) is 0 Å². The van der Waals surface area contributed by atoms with Crippen molar-refractivity contribution in [1.29, 1.82) is 0 Å². The van der Waals surface area contributed by atoms with Gasteiger partial charge in [-0.05, 0) is 91.7 Å². The fraction of sp³-hybridized carbons (Fsp3) is 0.793. The van der Waals surface area contributed by atoms with Crippen molar-refractivity contribution in [3.05, 3.63) is 29.8 Å². The van der Waals surface area contributed by atoms with Crippen LogP contribution in [0.5, 0.6) is 5.75 Å². The normalized spacial score (nSPS) is 33.5. The quantitative estimate of drug-likeness (QED) is 0.350. The van der Waals surface area contributed by atoms with E-state index in [1.807, 2.05) is 0 Å². The number of hydrogen-bond acceptors (Lipinski definition) is 1. The summed E-state index contributed by atoms with van der Waals surface area (Å²) in [5.41, 5.74) is 2.71. The van der Waals surface area contributed by atoms with Gasteiger partial charge in [0.15, 0.2) is 0 Å². The van der Waals surface area contributed by atoms with Crippen molar-refractivity contribution >= 4 is 0 Å². The van der Waals surface area contributed by atoms with E-state index in [4.69, 9.17) is 4.74 Å². The highest BCUT2D eigenvalue weighted by molar-refractivity contribution is 5.34. The molecular weight excluding hydrogens is 364 g/mol. The molecule has 0 spiro atoms. The fourth-order valence-corrected chi connectivity index (χ4v) is 6.76. The lowest BCUT2D eigenvalue weighted by Gasteiger charge is -2.52. The van der Waals surface area contributed by atoms with E-state index >= 15 is 0 Å². The molecule has 4 fully saturated rings. The minimum absolute atomic E-state index is 0.478. The molecular formula is C29H46O. The van der Waals surface area contributed by atoms with E-state index in [1.54, 1.807) is 5.56 Å². The van der Waals surface area contributed by atoms with Crippen LogP contribution < -0.4 is 4.74 Å². The summed E-state index contributed by atoms with van der Waals surface area (Å²) in [4.78, 5) is 0. The highest BCUT2D eigenvalue weighted by atomic mass is 16.5. The van der Waals surface area contributed by atoms with Gasteiger partial charge in [-0.2, -0.15) is 0 Å². The summed E-state index contributed by atoms with van der Waals surface area (Å²) in [6.45, 7) is 5.71. The maximum absolute atomic E-state index is 6.12. The molecule has 4 aliphatic rings. The van der Waals surface area contributed by atoms with Gasteiger partial charge in [0.2, 0.25) is 0 Å². The summed E-state index contributed by atoms with van der Waals surface area (Å²) >= 11 is 0. The van der Waals surface area contributed by atoms with Crippen molar-refractivity contribution in [3.63, 3.8) is 0 Å². The molecule has 0 unspecified atom stereocenters. The zero-order chi connectivity index (χ0) is 20.9. The maximum atomic E-state index is 6.12. The molecule has 4 aliphatic carbocycles. The molecule has 0 radical (unpaired) electrons. The van der Waals surface area contributed by atoms with Gasteiger partial charge in [0.05, 0.1) is 6.61 Å². The Bertz CT molecular complexity index is 612. The second-order valence-electron chi connectivity index (χ2n) is 11.5. The average Bonchev–Trinajstić information content (AvgIpc) is 2.79. The van der Waals surface area contributed by atoms with E-state index in [1.165, 1.54) is 103 Å². The van der Waals surface area contributed by atoms with Crippen LogP contribution in [0.1, 0.15) is 122 Å². The van der Waals surface area contributed by atoms with Crippen LogP contribution >= 0.6 is 0 Å². The Morgan fingerprint density at radius 1 is 0.767 bits per heavy atom. The molecule has 0 heterocycles. The Morgan fingerprint density at radius 3 is 1.90 bits per heavy atom. The van der Waals surface area contributed by atoms with Crippen molar-refractivity contribution in [2.24, 2.45) is 17.3 Å². The van der Waals surface area contributed by atoms with Gasteiger partial charge in [-0.1, -0.05) is 77.3 Å². The minimum atomic E-state index is 0.478. The highest BCUT2D eigenvalue weighted by Gasteiger charge is 2.46. The van der Waals surface area contributed by atoms with Gasteiger partial charge in [0.1, 0.15) is 5.75 Å². The van der Waals surface area contributed by atoms with Gasteiger partial charge in [0, 0.05) is 0 Å². The molecule has 2 bridgehead atoms. The zero-order valence-electron chi connectivity index (χ0n) is 19.9. The van der Waals surface area contributed by atoms with Crippen LogP contribution in [-0.4, -0.2) is 6.61 Å². The summed E-state index contributed by atoms with van der Waals surface area (Å²) in [5, 5.41) is 0. The van der Waals surface area contributed by atoms with Gasteiger partial charge in [-0.25, -0.2) is 0 Å². The molecule has 5 rings (SSSR count). The molecule has 0 amide bonds. The second-order valence-corrected chi connectivity index (χ2v) is 11.5. The average molecular weight is 411 g/mol. The van der Waals surface area contributed by atoms with Gasteiger partial charge in [-0.15, -0.1) is 0 Å². The summed E-state index contributed by atoms with van der Waals surface area (Å²) in [6, 6.07) is 9.24. The van der Waals surface area contributed by atoms with E-state index in [2.05, 4.69) is 38.1 Å². The number of ether oxygens (including phenoxy) is 1. The van der Waals surface area contributed by atoms with Crippen LogP contribution in [-0.2, 0) is 5.41 Å². The van der Waals surface area contributed by atoms with Crippen LogP contribution in [0.15, 0.2) is 24.3 Å². The molecule has 1 aromatic rings. The van der Waals surface area contributed by atoms with Crippen molar-refractivity contribution in [1.82, 2.24) is 0 Å². The predicted octanol–water partition coefficient (Wildman–Crippen LogP) is 8.84. The molecule has 0 atom stereocenters. The maximum Gasteiger partial charge on any atom is 0.119 e. The minimum Gasteiger partial charge on any atom is -0.494 e. The van der Waals surface area contributed by atoms with E-state index in [-0.39, 0.29) is 0 Å². The lowest BCUT2D eigenvalue weighted by atomic mass is 9.52. The third-order valence-corrected chi connectivity index (χ3v) is 9.30. The first-order valence-electron chi connectivity index (χ1n) is 13.3. The Hall–Kier alpha value is -0.980. The third kappa shape index (κ3) is 5.43. The molecule has 0 aliphatic heterocycles. The van der Waals surface area contributed by atoms with Crippen molar-refractivity contribution in [3.8, 4) is 5.75 Å². The first kappa shape index (κ1) is 22.2. The number of fused-ring (bicyclic) bond motifs is 3. The summed E-state index contributed by atoms with van der Waals surface area (Å²) < 4.78 is 6.12. The van der Waals surface area contributed by atoms with Gasteiger partial charge in [0.25, 0.3) is 0 Å². The fourth-order valence-electron chi connectivity index (χ4n) is 6.76. The van der Waals surface area contributed by atoms with Crippen LogP contribution in [0.2, 0.25) is 0 Å². The molecule has 0 N–H and O–H groups in total. The Kier molecular flexibility index (Phi) is 7.48. The summed E-state index contributed by atoms with van der Waals surface area (Å²) in [6.07, 6.45) is 22.7. The van der Waals surface area contributed by atoms with Crippen LogP contribution in [0.4, 0.5) is 0 Å². The molecule has 0 saturated heterocycles. The summed E-state index contributed by atoms with van der Waals surface area (Å²) in [7, 11) is 0. The Labute approximate surface area is 186 Å². The van der Waals surface area contributed by atoms with Crippen LogP contribution in [0.3, 0.4) is 0 Å². The Balaban J connectivity index is 1.14. The van der Waals surface area contributed by atoms with Crippen molar-refractivity contribution < 1.29 is 4.74 Å². The lowest BCUT2D eigenvalue weighted by Crippen LogP contribution is -2.42. The molecule has 1 aromatic carbocycles. The van der Waals surface area contributed by atoms with Gasteiger partial charge < -0.3 is 4.74 Å². The number of hydrogen-bond donors (Lipinski definition) is 0. The van der Waals surface area contributed by atoms with Crippen molar-refractivity contribution in [2.45, 2.75) is 122 Å². The Morgan fingerprint density at radius 2 is 1.33 bits per heavy atom. The largest absolute Gasteiger partial charge is 0.494 e. The highest BCUT2D eigenvalue weighted by Crippen LogP contribution is 2.57. The second kappa shape index (κ2) is 10.1. The smallest absolute Gasteiger partial charge is 0.119 e. The molecule has 4 saturated carbocycles. The monoisotopic (exact) mass is 410 g/mol. The molecule has 0 aromatic heterocycles. The number of rotatable bonds is 10. The zero-order valence-corrected chi connectivity index (χ0v) is 19.9.